The molecule has 2 aliphatic rings. The molecule has 3 heterocycles. The number of aromatic nitrogens is 3. The van der Waals surface area contributed by atoms with Crippen LogP contribution >= 0.6 is 0 Å². The Morgan fingerprint density at radius 2 is 1.77 bits per heavy atom. The second kappa shape index (κ2) is 6.27. The fourth-order valence-electron chi connectivity index (χ4n) is 3.33. The minimum absolute atomic E-state index is 0.000600. The van der Waals surface area contributed by atoms with Crippen LogP contribution in [-0.4, -0.2) is 32.3 Å². The molecule has 0 N–H and O–H groups in total. The molecular formula is C18H10F3N5O4. The summed E-state index contributed by atoms with van der Waals surface area (Å²) in [6.07, 6.45) is -4.74. The molecular weight excluding hydrogens is 407 g/mol. The molecule has 2 aliphatic heterocycles. The number of halogens is 3. The van der Waals surface area contributed by atoms with E-state index in [1.54, 1.807) is 12.1 Å². The van der Waals surface area contributed by atoms with E-state index in [0.29, 0.717) is 32.9 Å². The fourth-order valence-corrected chi connectivity index (χ4v) is 3.33. The van der Waals surface area contributed by atoms with Crippen LogP contribution in [0.1, 0.15) is 28.3 Å². The smallest absolute Gasteiger partial charge is 0.453 e. The second-order valence-electron chi connectivity index (χ2n) is 6.54. The lowest BCUT2D eigenvalue weighted by Crippen LogP contribution is -2.15. The van der Waals surface area contributed by atoms with Crippen molar-refractivity contribution in [3.8, 4) is 11.5 Å². The number of fused-ring (bicyclic) bond motifs is 3. The number of nitro benzene ring substituents is 1. The molecule has 0 radical (unpaired) electrons. The predicted molar refractivity (Wildman–Crippen MR) is 94.5 cm³/mol. The number of alkyl halides is 3. The normalized spacial score (nSPS) is 14.6. The maximum absolute atomic E-state index is 13.4. The van der Waals surface area contributed by atoms with Gasteiger partial charge in [-0.15, -0.1) is 10.2 Å². The van der Waals surface area contributed by atoms with Gasteiger partial charge in [-0.3, -0.25) is 10.1 Å². The number of ether oxygens (including phenoxy) is 2. The van der Waals surface area contributed by atoms with E-state index in [1.165, 1.54) is 24.3 Å². The average Bonchev–Trinajstić information content (AvgIpc) is 3.28. The van der Waals surface area contributed by atoms with Gasteiger partial charge < -0.3 is 9.47 Å². The molecule has 0 fully saturated rings. The van der Waals surface area contributed by atoms with E-state index in [-0.39, 0.29) is 30.4 Å². The lowest BCUT2D eigenvalue weighted by molar-refractivity contribution is -0.384. The van der Waals surface area contributed by atoms with Gasteiger partial charge in [0.25, 0.3) is 11.5 Å². The quantitative estimate of drug-likeness (QED) is 0.367. The van der Waals surface area contributed by atoms with Crippen LogP contribution in [-0.2, 0) is 12.6 Å². The number of non-ortho nitro benzene ring substituents is 1. The number of hydrogen-bond donors (Lipinski definition) is 0. The first kappa shape index (κ1) is 18.1. The standard InChI is InChI=1S/C18H10F3N5O4/c19-18(20,21)17-23-22-15-6-10-5-13-14(30-8-29-13)7-12(10)16(24-25(15)17)9-1-3-11(4-2-9)26(27)28/h1-5,7H,6,8H2. The van der Waals surface area contributed by atoms with Crippen LogP contribution in [0.3, 0.4) is 0 Å². The first-order chi connectivity index (χ1) is 14.3. The lowest BCUT2D eigenvalue weighted by Gasteiger charge is -2.11. The van der Waals surface area contributed by atoms with Gasteiger partial charge in [0, 0.05) is 29.7 Å². The first-order valence-electron chi connectivity index (χ1n) is 8.59. The van der Waals surface area contributed by atoms with Crippen molar-refractivity contribution in [2.75, 3.05) is 6.79 Å². The van der Waals surface area contributed by atoms with Crippen molar-refractivity contribution in [2.24, 2.45) is 5.10 Å². The van der Waals surface area contributed by atoms with Gasteiger partial charge in [-0.05, 0) is 29.8 Å². The Morgan fingerprint density at radius 3 is 2.43 bits per heavy atom. The summed E-state index contributed by atoms with van der Waals surface area (Å²) in [5.74, 6) is -0.373. The van der Waals surface area contributed by atoms with E-state index in [1.807, 2.05) is 0 Å². The molecule has 0 saturated heterocycles. The highest BCUT2D eigenvalue weighted by Crippen LogP contribution is 2.38. The van der Waals surface area contributed by atoms with Crippen LogP contribution in [0.2, 0.25) is 0 Å². The highest BCUT2D eigenvalue weighted by molar-refractivity contribution is 6.14. The zero-order chi connectivity index (χ0) is 21.0. The molecule has 0 saturated carbocycles. The van der Waals surface area contributed by atoms with Crippen LogP contribution in [0, 0.1) is 10.1 Å². The van der Waals surface area contributed by atoms with Crippen LogP contribution in [0.25, 0.3) is 0 Å². The van der Waals surface area contributed by atoms with Crippen molar-refractivity contribution < 1.29 is 27.6 Å². The Labute approximate surface area is 165 Å². The number of nitrogens with zero attached hydrogens (tertiary/aromatic N) is 5. The Hall–Kier alpha value is -3.96. The molecule has 0 amide bonds. The number of nitro groups is 1. The Bertz CT molecular complexity index is 1220. The topological polar surface area (TPSA) is 105 Å². The van der Waals surface area contributed by atoms with Gasteiger partial charge in [0.15, 0.2) is 17.3 Å². The molecule has 5 rings (SSSR count). The Morgan fingerprint density at radius 1 is 1.07 bits per heavy atom. The zero-order valence-electron chi connectivity index (χ0n) is 14.9. The van der Waals surface area contributed by atoms with Gasteiger partial charge in [-0.25, -0.2) is 0 Å². The van der Waals surface area contributed by atoms with E-state index in [9.17, 15) is 23.3 Å². The molecule has 2 aromatic carbocycles. The van der Waals surface area contributed by atoms with E-state index in [4.69, 9.17) is 9.47 Å². The highest BCUT2D eigenvalue weighted by atomic mass is 19.4. The SMILES string of the molecule is O=[N+]([O-])c1ccc(C2=Nn3c(nnc3C(F)(F)F)Cc3cc4c(cc32)OCO4)cc1. The predicted octanol–water partition coefficient (Wildman–Crippen LogP) is 3.14. The van der Waals surface area contributed by atoms with Crippen molar-refractivity contribution in [1.82, 2.24) is 14.9 Å². The molecule has 152 valence electrons. The average molecular weight is 417 g/mol. The van der Waals surface area contributed by atoms with Crippen LogP contribution in [0.15, 0.2) is 41.5 Å². The summed E-state index contributed by atoms with van der Waals surface area (Å²) in [6, 6.07) is 8.66. The third-order valence-corrected chi connectivity index (χ3v) is 4.71. The third-order valence-electron chi connectivity index (χ3n) is 4.71. The molecule has 3 aromatic rings. The van der Waals surface area contributed by atoms with Crippen LogP contribution in [0.4, 0.5) is 18.9 Å². The molecule has 0 aliphatic carbocycles. The van der Waals surface area contributed by atoms with E-state index in [0.717, 1.165) is 0 Å². The Kier molecular flexibility index (Phi) is 3.78. The van der Waals surface area contributed by atoms with E-state index < -0.39 is 16.9 Å². The number of hydrogen-bond acceptors (Lipinski definition) is 7. The van der Waals surface area contributed by atoms with Crippen molar-refractivity contribution in [1.29, 1.82) is 0 Å². The van der Waals surface area contributed by atoms with Gasteiger partial charge >= 0.3 is 6.18 Å². The van der Waals surface area contributed by atoms with Crippen molar-refractivity contribution in [3.63, 3.8) is 0 Å². The molecule has 0 bridgehead atoms. The molecule has 0 atom stereocenters. The van der Waals surface area contributed by atoms with Crippen LogP contribution < -0.4 is 9.47 Å². The Balaban J connectivity index is 1.75. The first-order valence-corrected chi connectivity index (χ1v) is 8.59. The number of rotatable bonds is 2. The third kappa shape index (κ3) is 2.84. The summed E-state index contributed by atoms with van der Waals surface area (Å²) in [4.78, 5) is 10.4. The van der Waals surface area contributed by atoms with Gasteiger partial charge in [-0.1, -0.05) is 0 Å². The summed E-state index contributed by atoms with van der Waals surface area (Å²) in [7, 11) is 0. The maximum atomic E-state index is 13.4. The summed E-state index contributed by atoms with van der Waals surface area (Å²) in [5.41, 5.74) is 1.51. The zero-order valence-corrected chi connectivity index (χ0v) is 14.9. The van der Waals surface area contributed by atoms with Gasteiger partial charge in [0.1, 0.15) is 0 Å². The van der Waals surface area contributed by atoms with E-state index in [2.05, 4.69) is 15.3 Å². The molecule has 9 nitrogen and oxygen atoms in total. The summed E-state index contributed by atoms with van der Waals surface area (Å²) in [5, 5.41) is 22.1. The fraction of sp³-hybridized carbons (Fsp3) is 0.167. The van der Waals surface area contributed by atoms with Crippen molar-refractivity contribution in [2.45, 2.75) is 12.6 Å². The van der Waals surface area contributed by atoms with E-state index >= 15 is 0 Å². The second-order valence-corrected chi connectivity index (χ2v) is 6.54. The lowest BCUT2D eigenvalue weighted by atomic mass is 9.95. The molecule has 30 heavy (non-hydrogen) atoms. The highest BCUT2D eigenvalue weighted by Gasteiger charge is 2.40. The minimum Gasteiger partial charge on any atom is -0.454 e. The maximum Gasteiger partial charge on any atom is 0.453 e. The summed E-state index contributed by atoms with van der Waals surface area (Å²) >= 11 is 0. The minimum atomic E-state index is -4.76. The van der Waals surface area contributed by atoms with Crippen molar-refractivity contribution >= 4 is 11.4 Å². The summed E-state index contributed by atoms with van der Waals surface area (Å²) < 4.78 is 51.7. The number of benzene rings is 2. The molecule has 1 aromatic heterocycles. The largest absolute Gasteiger partial charge is 0.454 e. The van der Waals surface area contributed by atoms with Crippen molar-refractivity contribution in [3.05, 3.63) is 74.9 Å². The monoisotopic (exact) mass is 417 g/mol. The van der Waals surface area contributed by atoms with Gasteiger partial charge in [0.05, 0.1) is 10.6 Å². The molecule has 0 spiro atoms. The molecule has 0 unspecified atom stereocenters. The summed E-state index contributed by atoms with van der Waals surface area (Å²) in [6.45, 7) is 0.0244. The molecule has 12 heteroatoms. The van der Waals surface area contributed by atoms with Crippen LogP contribution in [0.5, 0.6) is 11.5 Å². The van der Waals surface area contributed by atoms with Gasteiger partial charge in [-0.2, -0.15) is 22.9 Å². The van der Waals surface area contributed by atoms with Gasteiger partial charge in [0.2, 0.25) is 6.79 Å².